The molecule has 0 aromatic heterocycles. The first-order valence-electron chi connectivity index (χ1n) is 9.93. The van der Waals surface area contributed by atoms with Gasteiger partial charge in [-0.1, -0.05) is 42.5 Å². The van der Waals surface area contributed by atoms with Crippen molar-refractivity contribution in [2.75, 3.05) is 6.54 Å². The highest BCUT2D eigenvalue weighted by Crippen LogP contribution is 2.32. The molecule has 2 aliphatic rings. The highest BCUT2D eigenvalue weighted by Gasteiger charge is 2.35. The van der Waals surface area contributed by atoms with Gasteiger partial charge in [0.1, 0.15) is 0 Å². The van der Waals surface area contributed by atoms with Crippen LogP contribution < -0.4 is 5.32 Å². The summed E-state index contributed by atoms with van der Waals surface area (Å²) in [6, 6.07) is 17.5. The fourth-order valence-electron chi connectivity index (χ4n) is 4.25. The number of amides is 3. The molecule has 1 fully saturated rings. The summed E-state index contributed by atoms with van der Waals surface area (Å²) in [5.74, 6) is -0.152. The van der Waals surface area contributed by atoms with E-state index in [0.29, 0.717) is 17.0 Å². The van der Waals surface area contributed by atoms with Gasteiger partial charge in [-0.05, 0) is 49.3 Å². The van der Waals surface area contributed by atoms with E-state index in [0.717, 1.165) is 25.7 Å². The van der Waals surface area contributed by atoms with E-state index < -0.39 is 0 Å². The van der Waals surface area contributed by atoms with Crippen LogP contribution in [0.1, 0.15) is 64.3 Å². The molecule has 144 valence electrons. The zero-order chi connectivity index (χ0) is 19.5. The van der Waals surface area contributed by atoms with Crippen LogP contribution in [0.15, 0.2) is 54.6 Å². The Bertz CT molecular complexity index is 851. The molecule has 0 bridgehead atoms. The molecule has 1 N–H and O–H groups in total. The lowest BCUT2D eigenvalue weighted by Gasteiger charge is -2.29. The van der Waals surface area contributed by atoms with Crippen LogP contribution in [-0.2, 0) is 4.79 Å². The Balaban J connectivity index is 1.25. The lowest BCUT2D eigenvalue weighted by atomic mass is 9.82. The van der Waals surface area contributed by atoms with Crippen molar-refractivity contribution >= 4 is 17.7 Å². The summed E-state index contributed by atoms with van der Waals surface area (Å²) in [5, 5.41) is 3.08. The average molecular weight is 376 g/mol. The fraction of sp³-hybridized carbons (Fsp3) is 0.348. The summed E-state index contributed by atoms with van der Waals surface area (Å²) in [4.78, 5) is 38.2. The third-order valence-electron chi connectivity index (χ3n) is 5.80. The monoisotopic (exact) mass is 376 g/mol. The SMILES string of the molecule is O=C(CCN1C(=O)c2ccccc2C1=O)NC1CCC(c2ccccc2)CC1. The molecule has 5 heteroatoms. The number of rotatable bonds is 5. The summed E-state index contributed by atoms with van der Waals surface area (Å²) >= 11 is 0. The predicted octanol–water partition coefficient (Wildman–Crippen LogP) is 3.52. The number of fused-ring (bicyclic) bond motifs is 1. The van der Waals surface area contributed by atoms with Gasteiger partial charge in [0.05, 0.1) is 11.1 Å². The molecule has 0 radical (unpaired) electrons. The minimum Gasteiger partial charge on any atom is -0.353 e. The smallest absolute Gasteiger partial charge is 0.261 e. The van der Waals surface area contributed by atoms with Crippen molar-refractivity contribution in [3.8, 4) is 0 Å². The molecular weight excluding hydrogens is 352 g/mol. The quantitative estimate of drug-likeness (QED) is 0.812. The second-order valence-corrected chi connectivity index (χ2v) is 7.58. The molecule has 1 saturated carbocycles. The van der Waals surface area contributed by atoms with E-state index in [1.807, 2.05) is 6.07 Å². The molecule has 1 aliphatic heterocycles. The molecule has 0 saturated heterocycles. The Morgan fingerprint density at radius 3 is 2.04 bits per heavy atom. The molecule has 4 rings (SSSR count). The molecule has 1 aliphatic carbocycles. The number of nitrogens with zero attached hydrogens (tertiary/aromatic N) is 1. The Hall–Kier alpha value is -2.95. The highest BCUT2D eigenvalue weighted by atomic mass is 16.2. The van der Waals surface area contributed by atoms with Crippen LogP contribution in [0.3, 0.4) is 0 Å². The normalized spacial score (nSPS) is 21.5. The van der Waals surface area contributed by atoms with Crippen molar-refractivity contribution in [2.45, 2.75) is 44.1 Å². The van der Waals surface area contributed by atoms with Gasteiger partial charge in [-0.3, -0.25) is 19.3 Å². The standard InChI is InChI=1S/C23H24N2O3/c26-21(14-15-25-22(27)19-8-4-5-9-20(19)23(25)28)24-18-12-10-17(11-13-18)16-6-2-1-3-7-16/h1-9,17-18H,10-15H2,(H,24,26). The van der Waals surface area contributed by atoms with Gasteiger partial charge in [0, 0.05) is 19.0 Å². The maximum Gasteiger partial charge on any atom is 0.261 e. The third kappa shape index (κ3) is 3.70. The van der Waals surface area contributed by atoms with E-state index in [4.69, 9.17) is 0 Å². The van der Waals surface area contributed by atoms with Crippen molar-refractivity contribution in [1.82, 2.24) is 10.2 Å². The molecule has 28 heavy (non-hydrogen) atoms. The van der Waals surface area contributed by atoms with Gasteiger partial charge < -0.3 is 5.32 Å². The van der Waals surface area contributed by atoms with Gasteiger partial charge in [-0.25, -0.2) is 0 Å². The molecule has 2 aromatic rings. The van der Waals surface area contributed by atoms with Crippen molar-refractivity contribution in [3.63, 3.8) is 0 Å². The number of carbonyl (C=O) groups excluding carboxylic acids is 3. The molecule has 0 unspecified atom stereocenters. The molecular formula is C23H24N2O3. The second-order valence-electron chi connectivity index (χ2n) is 7.58. The second kappa shape index (κ2) is 7.97. The largest absolute Gasteiger partial charge is 0.353 e. The van der Waals surface area contributed by atoms with E-state index in [1.54, 1.807) is 24.3 Å². The minimum absolute atomic E-state index is 0.0975. The maximum atomic E-state index is 12.4. The first kappa shape index (κ1) is 18.4. The van der Waals surface area contributed by atoms with Crippen LogP contribution in [-0.4, -0.2) is 35.2 Å². The van der Waals surface area contributed by atoms with Crippen molar-refractivity contribution in [2.24, 2.45) is 0 Å². The molecule has 1 heterocycles. The molecule has 2 aromatic carbocycles. The summed E-state index contributed by atoms with van der Waals surface area (Å²) < 4.78 is 0. The van der Waals surface area contributed by atoms with E-state index in [9.17, 15) is 14.4 Å². The predicted molar refractivity (Wildman–Crippen MR) is 106 cm³/mol. The van der Waals surface area contributed by atoms with Crippen molar-refractivity contribution < 1.29 is 14.4 Å². The van der Waals surface area contributed by atoms with Gasteiger partial charge in [-0.2, -0.15) is 0 Å². The Morgan fingerprint density at radius 2 is 1.43 bits per heavy atom. The summed E-state index contributed by atoms with van der Waals surface area (Å²) in [5.41, 5.74) is 2.22. The molecule has 0 spiro atoms. The van der Waals surface area contributed by atoms with Gasteiger partial charge in [-0.15, -0.1) is 0 Å². The van der Waals surface area contributed by atoms with Crippen LogP contribution in [0.25, 0.3) is 0 Å². The zero-order valence-corrected chi connectivity index (χ0v) is 15.8. The van der Waals surface area contributed by atoms with Gasteiger partial charge in [0.25, 0.3) is 11.8 Å². The summed E-state index contributed by atoms with van der Waals surface area (Å²) in [6.45, 7) is 0.123. The van der Waals surface area contributed by atoms with Gasteiger partial charge in [0.2, 0.25) is 5.91 Å². The van der Waals surface area contributed by atoms with Crippen LogP contribution in [0.5, 0.6) is 0 Å². The number of nitrogens with one attached hydrogen (secondary N) is 1. The Morgan fingerprint density at radius 1 is 0.857 bits per heavy atom. The van der Waals surface area contributed by atoms with Crippen LogP contribution in [0.4, 0.5) is 0 Å². The first-order valence-corrected chi connectivity index (χ1v) is 9.93. The fourth-order valence-corrected chi connectivity index (χ4v) is 4.25. The zero-order valence-electron chi connectivity index (χ0n) is 15.8. The number of benzene rings is 2. The molecule has 3 amide bonds. The Kier molecular flexibility index (Phi) is 5.24. The minimum atomic E-state index is -0.309. The lowest BCUT2D eigenvalue weighted by Crippen LogP contribution is -2.40. The average Bonchev–Trinajstić information content (AvgIpc) is 2.98. The number of hydrogen-bond donors (Lipinski definition) is 1. The van der Waals surface area contributed by atoms with Crippen molar-refractivity contribution in [1.29, 1.82) is 0 Å². The van der Waals surface area contributed by atoms with Gasteiger partial charge in [0.15, 0.2) is 0 Å². The third-order valence-corrected chi connectivity index (χ3v) is 5.80. The van der Waals surface area contributed by atoms with E-state index in [1.165, 1.54) is 10.5 Å². The number of imide groups is 1. The molecule has 5 nitrogen and oxygen atoms in total. The highest BCUT2D eigenvalue weighted by molar-refractivity contribution is 6.21. The van der Waals surface area contributed by atoms with E-state index in [2.05, 4.69) is 29.6 Å². The first-order chi connectivity index (χ1) is 13.6. The van der Waals surface area contributed by atoms with Crippen LogP contribution in [0, 0.1) is 0 Å². The van der Waals surface area contributed by atoms with Crippen LogP contribution >= 0.6 is 0 Å². The number of carbonyl (C=O) groups is 3. The maximum absolute atomic E-state index is 12.4. The van der Waals surface area contributed by atoms with E-state index >= 15 is 0 Å². The number of hydrogen-bond acceptors (Lipinski definition) is 3. The summed E-state index contributed by atoms with van der Waals surface area (Å²) in [7, 11) is 0. The summed E-state index contributed by atoms with van der Waals surface area (Å²) in [6.07, 6.45) is 4.18. The Labute approximate surface area is 164 Å². The van der Waals surface area contributed by atoms with Crippen molar-refractivity contribution in [3.05, 3.63) is 71.3 Å². The van der Waals surface area contributed by atoms with Crippen LogP contribution in [0.2, 0.25) is 0 Å². The topological polar surface area (TPSA) is 66.5 Å². The molecule has 0 atom stereocenters. The van der Waals surface area contributed by atoms with E-state index in [-0.39, 0.29) is 36.7 Å². The lowest BCUT2D eigenvalue weighted by molar-refractivity contribution is -0.122. The van der Waals surface area contributed by atoms with Gasteiger partial charge >= 0.3 is 0 Å².